The molecule has 0 radical (unpaired) electrons. The number of carbonyl (C=O) groups is 1. The van der Waals surface area contributed by atoms with Gasteiger partial charge in [0, 0.05) is 20.6 Å². The lowest BCUT2D eigenvalue weighted by Gasteiger charge is -2.10. The van der Waals surface area contributed by atoms with Gasteiger partial charge in [-0.3, -0.25) is 0 Å². The van der Waals surface area contributed by atoms with E-state index in [4.69, 9.17) is 32.7 Å². The van der Waals surface area contributed by atoms with E-state index in [1.165, 1.54) is 0 Å². The molecule has 0 aromatic heterocycles. The molecule has 0 saturated carbocycles. The molecule has 7 heteroatoms. The highest BCUT2D eigenvalue weighted by molar-refractivity contribution is 9.10. The van der Waals surface area contributed by atoms with E-state index in [2.05, 4.69) is 20.9 Å². The molecular formula is C23H14BrCl2NO3. The highest BCUT2D eigenvalue weighted by Crippen LogP contribution is 2.28. The molecule has 0 spiro atoms. The van der Waals surface area contributed by atoms with E-state index in [0.29, 0.717) is 33.5 Å². The molecule has 0 amide bonds. The number of cyclic esters (lactones) is 1. The van der Waals surface area contributed by atoms with E-state index in [1.54, 1.807) is 24.3 Å². The van der Waals surface area contributed by atoms with Gasteiger partial charge in [0.1, 0.15) is 12.4 Å². The van der Waals surface area contributed by atoms with Crippen molar-refractivity contribution >= 4 is 57.1 Å². The number of para-hydroxylation sites is 1. The fourth-order valence-electron chi connectivity index (χ4n) is 2.84. The summed E-state index contributed by atoms with van der Waals surface area (Å²) >= 11 is 15.6. The van der Waals surface area contributed by atoms with Crippen molar-refractivity contribution < 1.29 is 14.3 Å². The third kappa shape index (κ3) is 4.59. The van der Waals surface area contributed by atoms with Crippen LogP contribution in [0.5, 0.6) is 5.75 Å². The van der Waals surface area contributed by atoms with Crippen LogP contribution in [0.25, 0.3) is 6.08 Å². The van der Waals surface area contributed by atoms with E-state index in [1.807, 2.05) is 48.5 Å². The molecule has 4 nitrogen and oxygen atoms in total. The first kappa shape index (κ1) is 20.7. The summed E-state index contributed by atoms with van der Waals surface area (Å²) in [6, 6.07) is 20.1. The van der Waals surface area contributed by atoms with E-state index < -0.39 is 5.97 Å². The van der Waals surface area contributed by atoms with Crippen LogP contribution in [0.15, 0.2) is 81.9 Å². The number of hydrogen-bond donors (Lipinski definition) is 0. The van der Waals surface area contributed by atoms with Gasteiger partial charge in [0.05, 0.1) is 10.6 Å². The second-order valence-corrected chi connectivity index (χ2v) is 8.08. The SMILES string of the molecule is O=C1OC(c2ccc(Cl)cc2Cl)=N/C1=C\c1ccccc1OCc1ccccc1Br. The number of esters is 1. The summed E-state index contributed by atoms with van der Waals surface area (Å²) < 4.78 is 12.3. The minimum Gasteiger partial charge on any atom is -0.488 e. The molecule has 3 aromatic rings. The monoisotopic (exact) mass is 501 g/mol. The molecule has 0 aliphatic carbocycles. The van der Waals surface area contributed by atoms with Gasteiger partial charge in [0.25, 0.3) is 0 Å². The van der Waals surface area contributed by atoms with Crippen molar-refractivity contribution in [3.63, 3.8) is 0 Å². The van der Waals surface area contributed by atoms with Crippen LogP contribution in [-0.4, -0.2) is 11.9 Å². The molecule has 1 heterocycles. The van der Waals surface area contributed by atoms with Crippen molar-refractivity contribution in [3.8, 4) is 5.75 Å². The van der Waals surface area contributed by atoms with Crippen molar-refractivity contribution in [1.82, 2.24) is 0 Å². The zero-order valence-electron chi connectivity index (χ0n) is 15.4. The number of benzene rings is 3. The van der Waals surface area contributed by atoms with E-state index in [-0.39, 0.29) is 11.6 Å². The molecule has 0 atom stereocenters. The number of ether oxygens (including phenoxy) is 2. The predicted octanol–water partition coefficient (Wildman–Crippen LogP) is 6.68. The van der Waals surface area contributed by atoms with Gasteiger partial charge in [0.2, 0.25) is 5.90 Å². The summed E-state index contributed by atoms with van der Waals surface area (Å²) in [5.41, 5.74) is 2.38. The van der Waals surface area contributed by atoms with Crippen LogP contribution < -0.4 is 4.74 Å². The first-order valence-electron chi connectivity index (χ1n) is 8.94. The third-order valence-electron chi connectivity index (χ3n) is 4.33. The average molecular weight is 503 g/mol. The fraction of sp³-hybridized carbons (Fsp3) is 0.0435. The summed E-state index contributed by atoms with van der Waals surface area (Å²) in [4.78, 5) is 16.7. The van der Waals surface area contributed by atoms with Gasteiger partial charge in [-0.25, -0.2) is 9.79 Å². The summed E-state index contributed by atoms with van der Waals surface area (Å²) in [5.74, 6) is 0.206. The number of halogens is 3. The topological polar surface area (TPSA) is 47.9 Å². The summed E-state index contributed by atoms with van der Waals surface area (Å²) in [5, 5.41) is 0.841. The lowest BCUT2D eigenvalue weighted by atomic mass is 10.1. The zero-order chi connectivity index (χ0) is 21.1. The molecule has 0 N–H and O–H groups in total. The van der Waals surface area contributed by atoms with Crippen molar-refractivity contribution in [2.75, 3.05) is 0 Å². The van der Waals surface area contributed by atoms with Crippen molar-refractivity contribution in [2.45, 2.75) is 6.61 Å². The fourth-order valence-corrected chi connectivity index (χ4v) is 3.73. The van der Waals surface area contributed by atoms with Crippen LogP contribution in [0.2, 0.25) is 10.0 Å². The van der Waals surface area contributed by atoms with Crippen LogP contribution in [0, 0.1) is 0 Å². The van der Waals surface area contributed by atoms with Gasteiger partial charge in [-0.2, -0.15) is 0 Å². The standard InChI is InChI=1S/C23H14BrCl2NO3/c24-18-7-3-1-6-15(18)13-29-21-8-4-2-5-14(21)11-20-23(28)30-22(27-20)17-10-9-16(25)12-19(17)26/h1-12H,13H2/b20-11-. The smallest absolute Gasteiger partial charge is 0.363 e. The van der Waals surface area contributed by atoms with E-state index in [9.17, 15) is 4.79 Å². The molecule has 0 bridgehead atoms. The van der Waals surface area contributed by atoms with Gasteiger partial charge >= 0.3 is 5.97 Å². The number of nitrogens with zero attached hydrogens (tertiary/aromatic N) is 1. The molecule has 1 aliphatic heterocycles. The largest absolute Gasteiger partial charge is 0.488 e. The molecule has 1 aliphatic rings. The van der Waals surface area contributed by atoms with Gasteiger partial charge in [-0.1, -0.05) is 75.5 Å². The first-order valence-corrected chi connectivity index (χ1v) is 10.5. The normalized spacial score (nSPS) is 14.6. The molecule has 0 unspecified atom stereocenters. The Hall–Kier alpha value is -2.60. The maximum Gasteiger partial charge on any atom is 0.363 e. The maximum absolute atomic E-state index is 12.4. The minimum atomic E-state index is -0.559. The Morgan fingerprint density at radius 2 is 1.80 bits per heavy atom. The Kier molecular flexibility index (Phi) is 6.23. The third-order valence-corrected chi connectivity index (χ3v) is 5.66. The second-order valence-electron chi connectivity index (χ2n) is 6.38. The molecule has 0 saturated heterocycles. The van der Waals surface area contributed by atoms with Crippen LogP contribution in [0.1, 0.15) is 16.7 Å². The number of rotatable bonds is 5. The Balaban J connectivity index is 1.61. The minimum absolute atomic E-state index is 0.138. The molecule has 3 aromatic carbocycles. The van der Waals surface area contributed by atoms with Crippen molar-refractivity contribution in [3.05, 3.63) is 104 Å². The highest BCUT2D eigenvalue weighted by atomic mass is 79.9. The second kappa shape index (κ2) is 9.04. The van der Waals surface area contributed by atoms with Crippen LogP contribution in [0.3, 0.4) is 0 Å². The Bertz CT molecular complexity index is 1190. The van der Waals surface area contributed by atoms with Gasteiger partial charge in [-0.15, -0.1) is 0 Å². The Morgan fingerprint density at radius 3 is 2.60 bits per heavy atom. The lowest BCUT2D eigenvalue weighted by molar-refractivity contribution is -0.129. The van der Waals surface area contributed by atoms with Gasteiger partial charge < -0.3 is 9.47 Å². The predicted molar refractivity (Wildman–Crippen MR) is 122 cm³/mol. The van der Waals surface area contributed by atoms with Crippen LogP contribution >= 0.6 is 39.1 Å². The molecule has 150 valence electrons. The highest BCUT2D eigenvalue weighted by Gasteiger charge is 2.26. The number of hydrogen-bond acceptors (Lipinski definition) is 4. The summed E-state index contributed by atoms with van der Waals surface area (Å²) in [7, 11) is 0. The first-order chi connectivity index (χ1) is 14.5. The lowest BCUT2D eigenvalue weighted by Crippen LogP contribution is -2.06. The molecule has 0 fully saturated rings. The van der Waals surface area contributed by atoms with Gasteiger partial charge in [-0.05, 0) is 36.4 Å². The Labute approximate surface area is 191 Å². The van der Waals surface area contributed by atoms with Crippen molar-refractivity contribution in [2.24, 2.45) is 4.99 Å². The number of aliphatic imine (C=N–C) groups is 1. The van der Waals surface area contributed by atoms with Crippen LogP contribution in [0.4, 0.5) is 0 Å². The zero-order valence-corrected chi connectivity index (χ0v) is 18.5. The number of carbonyl (C=O) groups excluding carboxylic acids is 1. The quantitative estimate of drug-likeness (QED) is 0.289. The molecule has 4 rings (SSSR count). The molecular weight excluding hydrogens is 489 g/mol. The maximum atomic E-state index is 12.4. The summed E-state index contributed by atoms with van der Waals surface area (Å²) in [6.07, 6.45) is 1.63. The van der Waals surface area contributed by atoms with Crippen LogP contribution in [-0.2, 0) is 16.1 Å². The van der Waals surface area contributed by atoms with Crippen molar-refractivity contribution in [1.29, 1.82) is 0 Å². The Morgan fingerprint density at radius 1 is 1.03 bits per heavy atom. The van der Waals surface area contributed by atoms with Gasteiger partial charge in [0.15, 0.2) is 5.70 Å². The van der Waals surface area contributed by atoms with E-state index >= 15 is 0 Å². The molecule has 30 heavy (non-hydrogen) atoms. The van der Waals surface area contributed by atoms with E-state index in [0.717, 1.165) is 10.0 Å². The average Bonchev–Trinajstić information content (AvgIpc) is 3.08. The summed E-state index contributed by atoms with van der Waals surface area (Å²) in [6.45, 7) is 0.376.